The second-order valence-electron chi connectivity index (χ2n) is 3.51. The highest BCUT2D eigenvalue weighted by atomic mass is 79.9. The number of aromatic nitrogens is 2. The SMILES string of the molecule is CCc1nn(CC)c(/C=C(/C)CN)c1Br. The van der Waals surface area contributed by atoms with Crippen LogP contribution in [-0.2, 0) is 13.0 Å². The van der Waals surface area contributed by atoms with Crippen molar-refractivity contribution in [1.82, 2.24) is 9.78 Å². The van der Waals surface area contributed by atoms with Gasteiger partial charge in [0.05, 0.1) is 15.9 Å². The minimum atomic E-state index is 0.586. The van der Waals surface area contributed by atoms with Gasteiger partial charge in [-0.3, -0.25) is 4.68 Å². The molecule has 1 rings (SSSR count). The van der Waals surface area contributed by atoms with Gasteiger partial charge in [-0.05, 0) is 42.3 Å². The Kier molecular flexibility index (Phi) is 4.54. The topological polar surface area (TPSA) is 43.8 Å². The fourth-order valence-corrected chi connectivity index (χ4v) is 2.08. The van der Waals surface area contributed by atoms with E-state index in [-0.39, 0.29) is 0 Å². The first kappa shape index (κ1) is 12.5. The number of aryl methyl sites for hydroxylation is 2. The number of hydrogen-bond acceptors (Lipinski definition) is 2. The molecule has 2 N–H and O–H groups in total. The van der Waals surface area contributed by atoms with Gasteiger partial charge in [-0.25, -0.2) is 0 Å². The van der Waals surface area contributed by atoms with Gasteiger partial charge in [0.1, 0.15) is 0 Å². The highest BCUT2D eigenvalue weighted by Gasteiger charge is 2.11. The molecule has 0 amide bonds. The summed E-state index contributed by atoms with van der Waals surface area (Å²) in [4.78, 5) is 0. The third-order valence-electron chi connectivity index (χ3n) is 2.34. The van der Waals surface area contributed by atoms with Crippen LogP contribution in [0.5, 0.6) is 0 Å². The Hall–Kier alpha value is -0.610. The molecular formula is C11H18BrN3. The molecule has 0 spiro atoms. The molecule has 0 unspecified atom stereocenters. The average Bonchev–Trinajstić information content (AvgIpc) is 2.55. The zero-order valence-electron chi connectivity index (χ0n) is 9.55. The van der Waals surface area contributed by atoms with E-state index in [9.17, 15) is 0 Å². The minimum Gasteiger partial charge on any atom is -0.327 e. The van der Waals surface area contributed by atoms with E-state index in [1.807, 2.05) is 11.6 Å². The molecule has 0 saturated heterocycles. The predicted octanol–water partition coefficient (Wildman–Crippen LogP) is 2.59. The summed E-state index contributed by atoms with van der Waals surface area (Å²) in [6.07, 6.45) is 3.04. The van der Waals surface area contributed by atoms with Gasteiger partial charge in [-0.2, -0.15) is 5.10 Å². The standard InChI is InChI=1S/C11H18BrN3/c1-4-9-11(12)10(6-8(3)7-13)15(5-2)14-9/h6H,4-5,7,13H2,1-3H3/b8-6-. The molecule has 1 aromatic heterocycles. The van der Waals surface area contributed by atoms with Gasteiger partial charge >= 0.3 is 0 Å². The van der Waals surface area contributed by atoms with Crippen LogP contribution in [0.4, 0.5) is 0 Å². The molecule has 4 heteroatoms. The van der Waals surface area contributed by atoms with E-state index in [2.05, 4.69) is 41.0 Å². The van der Waals surface area contributed by atoms with Crippen molar-refractivity contribution in [2.45, 2.75) is 33.7 Å². The van der Waals surface area contributed by atoms with Crippen LogP contribution in [-0.4, -0.2) is 16.3 Å². The van der Waals surface area contributed by atoms with Gasteiger partial charge in [0.2, 0.25) is 0 Å². The molecule has 0 atom stereocenters. The number of rotatable bonds is 4. The predicted molar refractivity (Wildman–Crippen MR) is 67.7 cm³/mol. The highest BCUT2D eigenvalue weighted by molar-refractivity contribution is 9.10. The third kappa shape index (κ3) is 2.69. The van der Waals surface area contributed by atoms with Gasteiger partial charge in [0.15, 0.2) is 0 Å². The van der Waals surface area contributed by atoms with Crippen molar-refractivity contribution in [3.63, 3.8) is 0 Å². The molecular weight excluding hydrogens is 254 g/mol. The summed E-state index contributed by atoms with van der Waals surface area (Å²) in [6.45, 7) is 7.69. The van der Waals surface area contributed by atoms with Gasteiger partial charge in [0, 0.05) is 13.1 Å². The fourth-order valence-electron chi connectivity index (χ4n) is 1.40. The lowest BCUT2D eigenvalue weighted by Crippen LogP contribution is -2.03. The Labute approximate surface area is 99.5 Å². The van der Waals surface area contributed by atoms with E-state index in [4.69, 9.17) is 5.73 Å². The van der Waals surface area contributed by atoms with Crippen LogP contribution in [0, 0.1) is 0 Å². The molecule has 0 bridgehead atoms. The van der Waals surface area contributed by atoms with Gasteiger partial charge < -0.3 is 5.73 Å². The van der Waals surface area contributed by atoms with Crippen LogP contribution in [0.1, 0.15) is 32.2 Å². The smallest absolute Gasteiger partial charge is 0.0770 e. The Morgan fingerprint density at radius 3 is 2.67 bits per heavy atom. The molecule has 84 valence electrons. The summed E-state index contributed by atoms with van der Waals surface area (Å²) in [5.41, 5.74) is 8.97. The van der Waals surface area contributed by atoms with Crippen molar-refractivity contribution in [3.8, 4) is 0 Å². The first-order valence-corrected chi connectivity index (χ1v) is 6.05. The number of nitrogens with two attached hydrogens (primary N) is 1. The normalized spacial score (nSPS) is 12.2. The molecule has 1 aromatic rings. The molecule has 0 aliphatic rings. The molecule has 0 saturated carbocycles. The third-order valence-corrected chi connectivity index (χ3v) is 3.20. The van der Waals surface area contributed by atoms with Gasteiger partial charge in [0.25, 0.3) is 0 Å². The summed E-state index contributed by atoms with van der Waals surface area (Å²) < 4.78 is 3.10. The van der Waals surface area contributed by atoms with E-state index in [1.165, 1.54) is 0 Å². The second kappa shape index (κ2) is 5.47. The minimum absolute atomic E-state index is 0.586. The Morgan fingerprint density at radius 2 is 2.20 bits per heavy atom. The first-order valence-electron chi connectivity index (χ1n) is 5.26. The Morgan fingerprint density at radius 1 is 1.53 bits per heavy atom. The largest absolute Gasteiger partial charge is 0.327 e. The molecule has 0 fully saturated rings. The number of hydrogen-bond donors (Lipinski definition) is 1. The monoisotopic (exact) mass is 271 g/mol. The maximum Gasteiger partial charge on any atom is 0.0770 e. The van der Waals surface area contributed by atoms with Crippen LogP contribution in [0.3, 0.4) is 0 Å². The zero-order chi connectivity index (χ0) is 11.4. The maximum atomic E-state index is 5.59. The van der Waals surface area contributed by atoms with E-state index >= 15 is 0 Å². The van der Waals surface area contributed by atoms with E-state index < -0.39 is 0 Å². The lowest BCUT2D eigenvalue weighted by molar-refractivity contribution is 0.642. The van der Waals surface area contributed by atoms with Crippen molar-refractivity contribution in [2.24, 2.45) is 5.73 Å². The number of halogens is 1. The van der Waals surface area contributed by atoms with E-state index in [1.54, 1.807) is 0 Å². The van der Waals surface area contributed by atoms with Crippen LogP contribution in [0.15, 0.2) is 10.0 Å². The summed E-state index contributed by atoms with van der Waals surface area (Å²) in [5, 5.41) is 4.52. The van der Waals surface area contributed by atoms with E-state index in [0.29, 0.717) is 6.54 Å². The molecule has 0 aliphatic carbocycles. The van der Waals surface area contributed by atoms with Crippen LogP contribution < -0.4 is 5.73 Å². The quantitative estimate of drug-likeness (QED) is 0.915. The molecule has 0 aromatic carbocycles. The average molecular weight is 272 g/mol. The lowest BCUT2D eigenvalue weighted by atomic mass is 10.2. The molecule has 0 aliphatic heterocycles. The highest BCUT2D eigenvalue weighted by Crippen LogP contribution is 2.24. The second-order valence-corrected chi connectivity index (χ2v) is 4.30. The Bertz CT molecular complexity index is 366. The lowest BCUT2D eigenvalue weighted by Gasteiger charge is -2.01. The van der Waals surface area contributed by atoms with Crippen molar-refractivity contribution in [2.75, 3.05) is 6.54 Å². The van der Waals surface area contributed by atoms with Crippen LogP contribution in [0.2, 0.25) is 0 Å². The summed E-state index contributed by atoms with van der Waals surface area (Å²) in [7, 11) is 0. The van der Waals surface area contributed by atoms with Crippen molar-refractivity contribution in [3.05, 3.63) is 21.4 Å². The van der Waals surface area contributed by atoms with Gasteiger partial charge in [-0.15, -0.1) is 0 Å². The summed E-state index contributed by atoms with van der Waals surface area (Å²) in [5.74, 6) is 0. The Balaban J connectivity index is 3.20. The fraction of sp³-hybridized carbons (Fsp3) is 0.545. The molecule has 1 heterocycles. The van der Waals surface area contributed by atoms with Crippen LogP contribution in [0.25, 0.3) is 6.08 Å². The van der Waals surface area contributed by atoms with Crippen molar-refractivity contribution in [1.29, 1.82) is 0 Å². The zero-order valence-corrected chi connectivity index (χ0v) is 11.1. The summed E-state index contributed by atoms with van der Waals surface area (Å²) in [6, 6.07) is 0. The maximum absolute atomic E-state index is 5.59. The molecule has 3 nitrogen and oxygen atoms in total. The summed E-state index contributed by atoms with van der Waals surface area (Å²) >= 11 is 3.59. The number of nitrogens with zero attached hydrogens (tertiary/aromatic N) is 2. The molecule has 15 heavy (non-hydrogen) atoms. The van der Waals surface area contributed by atoms with Gasteiger partial charge in [-0.1, -0.05) is 12.5 Å². The van der Waals surface area contributed by atoms with Crippen molar-refractivity contribution < 1.29 is 0 Å². The van der Waals surface area contributed by atoms with Crippen molar-refractivity contribution >= 4 is 22.0 Å². The first-order chi connectivity index (χ1) is 7.13. The van der Waals surface area contributed by atoms with Crippen LogP contribution >= 0.6 is 15.9 Å². The van der Waals surface area contributed by atoms with E-state index in [0.717, 1.165) is 34.4 Å². The molecule has 0 radical (unpaired) electrons.